The average molecular weight is 412 g/mol. The SMILES string of the molecule is C[C@@]12CCC[C@H]1[C@@H]1CCC3=C(CC(c4ccc(-c5cccnc5)cc4)C(=O)C3)[C@H]1CC2. The summed E-state index contributed by atoms with van der Waals surface area (Å²) in [6.45, 7) is 2.57. The maximum Gasteiger partial charge on any atom is 0.144 e. The average Bonchev–Trinajstić information content (AvgIpc) is 3.21. The molecular weight excluding hydrogens is 378 g/mol. The van der Waals surface area contributed by atoms with Crippen LogP contribution < -0.4 is 0 Å². The van der Waals surface area contributed by atoms with Gasteiger partial charge in [0.05, 0.1) is 0 Å². The van der Waals surface area contributed by atoms with E-state index in [4.69, 9.17) is 0 Å². The van der Waals surface area contributed by atoms with Crippen LogP contribution in [0.25, 0.3) is 11.1 Å². The van der Waals surface area contributed by atoms with Crippen molar-refractivity contribution in [2.24, 2.45) is 23.2 Å². The van der Waals surface area contributed by atoms with Crippen molar-refractivity contribution < 1.29 is 4.79 Å². The summed E-state index contributed by atoms with van der Waals surface area (Å²) in [7, 11) is 0. The van der Waals surface area contributed by atoms with Gasteiger partial charge in [0, 0.05) is 24.7 Å². The molecule has 0 amide bonds. The Hall–Kier alpha value is -2.22. The lowest BCUT2D eigenvalue weighted by molar-refractivity contribution is -0.120. The molecule has 1 heterocycles. The van der Waals surface area contributed by atoms with E-state index in [2.05, 4.69) is 42.2 Å². The van der Waals surface area contributed by atoms with E-state index in [0.29, 0.717) is 17.6 Å². The highest BCUT2D eigenvalue weighted by molar-refractivity contribution is 5.89. The van der Waals surface area contributed by atoms with E-state index in [9.17, 15) is 4.79 Å². The first-order valence-electron chi connectivity index (χ1n) is 12.4. The Balaban J connectivity index is 1.26. The predicted molar refractivity (Wildman–Crippen MR) is 125 cm³/mol. The van der Waals surface area contributed by atoms with Crippen molar-refractivity contribution in [3.63, 3.8) is 0 Å². The summed E-state index contributed by atoms with van der Waals surface area (Å²) in [5.41, 5.74) is 7.33. The van der Waals surface area contributed by atoms with Crippen LogP contribution in [-0.4, -0.2) is 10.8 Å². The van der Waals surface area contributed by atoms with Crippen LogP contribution in [-0.2, 0) is 4.79 Å². The van der Waals surface area contributed by atoms with E-state index >= 15 is 0 Å². The molecule has 2 fully saturated rings. The van der Waals surface area contributed by atoms with Crippen LogP contribution in [0.4, 0.5) is 0 Å². The van der Waals surface area contributed by atoms with Gasteiger partial charge < -0.3 is 0 Å². The van der Waals surface area contributed by atoms with Gasteiger partial charge in [0.1, 0.15) is 5.78 Å². The molecule has 1 aromatic heterocycles. The van der Waals surface area contributed by atoms with E-state index in [1.165, 1.54) is 61.6 Å². The molecule has 2 nitrogen and oxygen atoms in total. The lowest BCUT2D eigenvalue weighted by atomic mass is 9.54. The van der Waals surface area contributed by atoms with Crippen molar-refractivity contribution in [3.8, 4) is 11.1 Å². The second-order valence-corrected chi connectivity index (χ2v) is 10.9. The summed E-state index contributed by atoms with van der Waals surface area (Å²) in [4.78, 5) is 17.4. The second-order valence-electron chi connectivity index (χ2n) is 10.9. The lowest BCUT2D eigenvalue weighted by Gasteiger charge is -2.51. The van der Waals surface area contributed by atoms with Gasteiger partial charge in [-0.2, -0.15) is 0 Å². The standard InChI is InChI=1S/C29H33NO/c1-29-13-2-5-27(29)24-11-10-21-16-28(31)26(17-25(21)23(24)12-14-29)20-8-6-19(7-9-20)22-4-3-15-30-18-22/h3-4,6-9,15,18,23-24,26-27H,2,5,10-14,16-17H2,1H3/t23-,24+,26?,27-,29-/m0/s1. The Kier molecular flexibility index (Phi) is 4.67. The first-order valence-corrected chi connectivity index (χ1v) is 12.4. The normalized spacial score (nSPS) is 34.8. The minimum absolute atomic E-state index is 0.0531. The molecule has 0 bridgehead atoms. The predicted octanol–water partition coefficient (Wildman–Crippen LogP) is 7.12. The molecule has 1 aromatic carbocycles. The quantitative estimate of drug-likeness (QED) is 0.493. The van der Waals surface area contributed by atoms with Gasteiger partial charge in [0.15, 0.2) is 0 Å². The molecule has 6 rings (SSSR count). The summed E-state index contributed by atoms with van der Waals surface area (Å²) in [6.07, 6.45) is 15.0. The van der Waals surface area contributed by atoms with E-state index in [1.807, 2.05) is 12.3 Å². The van der Waals surface area contributed by atoms with Gasteiger partial charge >= 0.3 is 0 Å². The van der Waals surface area contributed by atoms with Gasteiger partial charge in [-0.15, -0.1) is 0 Å². The molecule has 0 aliphatic heterocycles. The molecule has 31 heavy (non-hydrogen) atoms. The van der Waals surface area contributed by atoms with Crippen molar-refractivity contribution in [1.82, 2.24) is 4.98 Å². The molecular formula is C29H33NO. The fourth-order valence-corrected chi connectivity index (χ4v) is 7.79. The number of hydrogen-bond donors (Lipinski definition) is 0. The number of aromatic nitrogens is 1. The number of benzene rings is 1. The number of hydrogen-bond acceptors (Lipinski definition) is 2. The van der Waals surface area contributed by atoms with E-state index in [1.54, 1.807) is 11.8 Å². The highest BCUT2D eigenvalue weighted by Crippen LogP contribution is 2.61. The molecule has 160 valence electrons. The molecule has 2 aromatic rings. The van der Waals surface area contributed by atoms with Gasteiger partial charge in [-0.25, -0.2) is 0 Å². The Labute approximate surface area is 186 Å². The smallest absolute Gasteiger partial charge is 0.144 e. The Morgan fingerprint density at radius 1 is 1.00 bits per heavy atom. The third kappa shape index (κ3) is 3.22. The minimum atomic E-state index is 0.0531. The number of Topliss-reactive ketones (excluding diaryl/α,β-unsaturated/α-hetero) is 1. The third-order valence-corrected chi connectivity index (χ3v) is 9.41. The van der Waals surface area contributed by atoms with Crippen molar-refractivity contribution in [2.45, 2.75) is 70.6 Å². The maximum atomic E-state index is 13.2. The molecule has 0 spiro atoms. The molecule has 4 aliphatic rings. The van der Waals surface area contributed by atoms with Crippen LogP contribution in [0.1, 0.15) is 76.2 Å². The first kappa shape index (κ1) is 19.5. The number of carbonyl (C=O) groups excluding carboxylic acids is 1. The van der Waals surface area contributed by atoms with Crippen LogP contribution in [0, 0.1) is 23.2 Å². The van der Waals surface area contributed by atoms with Gasteiger partial charge in [0.2, 0.25) is 0 Å². The number of nitrogens with zero attached hydrogens (tertiary/aromatic N) is 1. The monoisotopic (exact) mass is 411 g/mol. The summed E-state index contributed by atoms with van der Waals surface area (Å²) in [5.74, 6) is 3.05. The summed E-state index contributed by atoms with van der Waals surface area (Å²) >= 11 is 0. The lowest BCUT2D eigenvalue weighted by Crippen LogP contribution is -2.42. The van der Waals surface area contributed by atoms with Gasteiger partial charge in [0.25, 0.3) is 0 Å². The van der Waals surface area contributed by atoms with E-state index in [-0.39, 0.29) is 5.92 Å². The number of fused-ring (bicyclic) bond motifs is 4. The second kappa shape index (κ2) is 7.43. The van der Waals surface area contributed by atoms with Crippen molar-refractivity contribution in [2.75, 3.05) is 0 Å². The zero-order valence-corrected chi connectivity index (χ0v) is 18.6. The topological polar surface area (TPSA) is 30.0 Å². The Morgan fingerprint density at radius 3 is 2.68 bits per heavy atom. The fraction of sp³-hybridized carbons (Fsp3) is 0.517. The van der Waals surface area contributed by atoms with Crippen LogP contribution in [0.5, 0.6) is 0 Å². The van der Waals surface area contributed by atoms with Gasteiger partial charge in [-0.1, -0.05) is 54.8 Å². The number of carbonyl (C=O) groups is 1. The van der Waals surface area contributed by atoms with Crippen molar-refractivity contribution in [3.05, 3.63) is 65.5 Å². The summed E-state index contributed by atoms with van der Waals surface area (Å²) in [6, 6.07) is 12.8. The molecule has 5 atom stereocenters. The fourth-order valence-electron chi connectivity index (χ4n) is 7.79. The zero-order chi connectivity index (χ0) is 21.0. The van der Waals surface area contributed by atoms with Crippen molar-refractivity contribution in [1.29, 1.82) is 0 Å². The molecule has 2 heteroatoms. The van der Waals surface area contributed by atoms with Gasteiger partial charge in [-0.3, -0.25) is 9.78 Å². The highest BCUT2D eigenvalue weighted by atomic mass is 16.1. The van der Waals surface area contributed by atoms with Crippen LogP contribution in [0.2, 0.25) is 0 Å². The van der Waals surface area contributed by atoms with E-state index < -0.39 is 0 Å². The maximum absolute atomic E-state index is 13.2. The molecule has 4 aliphatic carbocycles. The molecule has 1 unspecified atom stereocenters. The Bertz CT molecular complexity index is 1020. The summed E-state index contributed by atoms with van der Waals surface area (Å²) in [5, 5.41) is 0. The van der Waals surface area contributed by atoms with Crippen LogP contribution >= 0.6 is 0 Å². The number of pyridine rings is 1. The largest absolute Gasteiger partial charge is 0.299 e. The molecule has 2 saturated carbocycles. The number of ketones is 1. The molecule has 0 radical (unpaired) electrons. The van der Waals surface area contributed by atoms with Gasteiger partial charge in [-0.05, 0) is 90.9 Å². The Morgan fingerprint density at radius 2 is 1.87 bits per heavy atom. The zero-order valence-electron chi connectivity index (χ0n) is 18.6. The van der Waals surface area contributed by atoms with E-state index in [0.717, 1.165) is 29.7 Å². The first-order chi connectivity index (χ1) is 15.1. The third-order valence-electron chi connectivity index (χ3n) is 9.41. The number of allylic oxidation sites excluding steroid dienone is 2. The summed E-state index contributed by atoms with van der Waals surface area (Å²) < 4.78 is 0. The molecule has 0 N–H and O–H groups in total. The highest BCUT2D eigenvalue weighted by Gasteiger charge is 2.51. The minimum Gasteiger partial charge on any atom is -0.299 e. The van der Waals surface area contributed by atoms with Crippen LogP contribution in [0.3, 0.4) is 0 Å². The van der Waals surface area contributed by atoms with Crippen LogP contribution in [0.15, 0.2) is 59.9 Å². The number of rotatable bonds is 2. The molecule has 0 saturated heterocycles. The van der Waals surface area contributed by atoms with Crippen molar-refractivity contribution >= 4 is 5.78 Å².